The number of benzene rings is 2. The molecule has 4 rings (SSSR count). The molecule has 1 aliphatic heterocycles. The van der Waals surface area contributed by atoms with Crippen LogP contribution in [0.5, 0.6) is 11.5 Å². The first-order chi connectivity index (χ1) is 12.7. The lowest BCUT2D eigenvalue weighted by Gasteiger charge is -2.09. The van der Waals surface area contributed by atoms with Crippen molar-refractivity contribution in [2.24, 2.45) is 0 Å². The number of hydrogen-bond donors (Lipinski definition) is 1. The van der Waals surface area contributed by atoms with E-state index in [1.165, 1.54) is 5.56 Å². The zero-order chi connectivity index (χ0) is 17.9. The Kier molecular flexibility index (Phi) is 4.52. The van der Waals surface area contributed by atoms with E-state index >= 15 is 0 Å². The highest BCUT2D eigenvalue weighted by Crippen LogP contribution is 2.27. The molecule has 0 fully saturated rings. The largest absolute Gasteiger partial charge is 0.496 e. The summed E-state index contributed by atoms with van der Waals surface area (Å²) in [6.45, 7) is 2.04. The predicted octanol–water partition coefficient (Wildman–Crippen LogP) is 2.94. The standard InChI is InChI=1S/C21H22N2O3/c1-25-19-4-2-3-18-17(19)7-10-23(18)11-9-22-21(24)14-15-5-6-16-8-12-26-20(16)13-15/h2-7,10,13H,8-9,11-12,14H2,1H3,(H,22,24). The Labute approximate surface area is 152 Å². The molecular formula is C21H22N2O3. The van der Waals surface area contributed by atoms with Crippen LogP contribution in [0.1, 0.15) is 11.1 Å². The molecule has 0 spiro atoms. The lowest BCUT2D eigenvalue weighted by molar-refractivity contribution is -0.120. The Morgan fingerprint density at radius 1 is 1.27 bits per heavy atom. The fourth-order valence-electron chi connectivity index (χ4n) is 3.45. The Balaban J connectivity index is 1.34. The first kappa shape index (κ1) is 16.5. The van der Waals surface area contributed by atoms with Crippen molar-refractivity contribution in [3.63, 3.8) is 0 Å². The molecule has 0 atom stereocenters. The molecule has 134 valence electrons. The van der Waals surface area contributed by atoms with Crippen LogP contribution < -0.4 is 14.8 Å². The van der Waals surface area contributed by atoms with Crippen LogP contribution in [0.3, 0.4) is 0 Å². The zero-order valence-corrected chi connectivity index (χ0v) is 14.8. The van der Waals surface area contributed by atoms with Gasteiger partial charge in [0.2, 0.25) is 5.91 Å². The first-order valence-corrected chi connectivity index (χ1v) is 8.88. The molecule has 26 heavy (non-hydrogen) atoms. The lowest BCUT2D eigenvalue weighted by atomic mass is 10.1. The number of aromatic nitrogens is 1. The van der Waals surface area contributed by atoms with Crippen LogP contribution in [-0.4, -0.2) is 30.7 Å². The van der Waals surface area contributed by atoms with Crippen LogP contribution in [-0.2, 0) is 24.2 Å². The Morgan fingerprint density at radius 3 is 3.08 bits per heavy atom. The number of ether oxygens (including phenoxy) is 2. The summed E-state index contributed by atoms with van der Waals surface area (Å²) < 4.78 is 13.1. The van der Waals surface area contributed by atoms with Crippen LogP contribution in [0.2, 0.25) is 0 Å². The van der Waals surface area contributed by atoms with Gasteiger partial charge in [-0.05, 0) is 35.4 Å². The van der Waals surface area contributed by atoms with E-state index < -0.39 is 0 Å². The maximum absolute atomic E-state index is 12.2. The molecule has 1 N–H and O–H groups in total. The number of nitrogens with one attached hydrogen (secondary N) is 1. The maximum Gasteiger partial charge on any atom is 0.224 e. The predicted molar refractivity (Wildman–Crippen MR) is 101 cm³/mol. The highest BCUT2D eigenvalue weighted by Gasteiger charge is 2.13. The molecule has 2 heterocycles. The molecule has 0 radical (unpaired) electrons. The van der Waals surface area contributed by atoms with E-state index in [0.717, 1.165) is 47.5 Å². The summed E-state index contributed by atoms with van der Waals surface area (Å²) in [5.74, 6) is 1.81. The number of hydrogen-bond acceptors (Lipinski definition) is 3. The number of methoxy groups -OCH3 is 1. The molecule has 0 aliphatic carbocycles. The monoisotopic (exact) mass is 350 g/mol. The number of carbonyl (C=O) groups is 1. The van der Waals surface area contributed by atoms with Crippen LogP contribution in [0.25, 0.3) is 10.9 Å². The summed E-state index contributed by atoms with van der Waals surface area (Å²) in [6.07, 6.45) is 3.35. The van der Waals surface area contributed by atoms with E-state index in [0.29, 0.717) is 13.0 Å². The molecule has 1 aliphatic rings. The third-order valence-corrected chi connectivity index (χ3v) is 4.79. The van der Waals surface area contributed by atoms with E-state index in [-0.39, 0.29) is 5.91 Å². The smallest absolute Gasteiger partial charge is 0.224 e. The molecule has 1 aromatic heterocycles. The molecule has 0 bridgehead atoms. The molecular weight excluding hydrogens is 328 g/mol. The minimum atomic E-state index is 0.0250. The van der Waals surface area contributed by atoms with Gasteiger partial charge in [0.25, 0.3) is 0 Å². The summed E-state index contributed by atoms with van der Waals surface area (Å²) in [6, 6.07) is 14.1. The zero-order valence-electron chi connectivity index (χ0n) is 14.8. The molecule has 0 saturated heterocycles. The van der Waals surface area contributed by atoms with Crippen molar-refractivity contribution in [3.05, 3.63) is 59.8 Å². The highest BCUT2D eigenvalue weighted by molar-refractivity contribution is 5.86. The lowest BCUT2D eigenvalue weighted by Crippen LogP contribution is -2.28. The minimum Gasteiger partial charge on any atom is -0.496 e. The van der Waals surface area contributed by atoms with Gasteiger partial charge in [0, 0.05) is 31.1 Å². The van der Waals surface area contributed by atoms with Gasteiger partial charge >= 0.3 is 0 Å². The molecule has 5 nitrogen and oxygen atoms in total. The van der Waals surface area contributed by atoms with Gasteiger partial charge in [-0.1, -0.05) is 18.2 Å². The maximum atomic E-state index is 12.2. The number of fused-ring (bicyclic) bond motifs is 2. The van der Waals surface area contributed by atoms with Crippen molar-refractivity contribution >= 4 is 16.8 Å². The van der Waals surface area contributed by atoms with Crippen LogP contribution in [0.15, 0.2) is 48.7 Å². The summed E-state index contributed by atoms with van der Waals surface area (Å²) in [4.78, 5) is 12.2. The average Bonchev–Trinajstić information content (AvgIpc) is 3.28. The van der Waals surface area contributed by atoms with Crippen LogP contribution in [0, 0.1) is 0 Å². The highest BCUT2D eigenvalue weighted by atomic mass is 16.5. The van der Waals surface area contributed by atoms with Gasteiger partial charge in [0.15, 0.2) is 0 Å². The van der Waals surface area contributed by atoms with Crippen molar-refractivity contribution < 1.29 is 14.3 Å². The van der Waals surface area contributed by atoms with Gasteiger partial charge in [-0.3, -0.25) is 4.79 Å². The molecule has 1 amide bonds. The first-order valence-electron chi connectivity index (χ1n) is 8.88. The van der Waals surface area contributed by atoms with E-state index in [2.05, 4.69) is 22.0 Å². The molecule has 0 unspecified atom stereocenters. The number of amides is 1. The van der Waals surface area contributed by atoms with Gasteiger partial charge in [-0.15, -0.1) is 0 Å². The second kappa shape index (κ2) is 7.12. The van der Waals surface area contributed by atoms with Crippen molar-refractivity contribution in [2.75, 3.05) is 20.3 Å². The van der Waals surface area contributed by atoms with E-state index in [9.17, 15) is 4.79 Å². The van der Waals surface area contributed by atoms with Gasteiger partial charge < -0.3 is 19.4 Å². The quantitative estimate of drug-likeness (QED) is 0.744. The fourth-order valence-corrected chi connectivity index (χ4v) is 3.45. The summed E-state index contributed by atoms with van der Waals surface area (Å²) >= 11 is 0. The van der Waals surface area contributed by atoms with E-state index in [1.807, 2.05) is 36.5 Å². The van der Waals surface area contributed by atoms with Crippen molar-refractivity contribution in [3.8, 4) is 11.5 Å². The third kappa shape index (κ3) is 3.25. The van der Waals surface area contributed by atoms with E-state index in [4.69, 9.17) is 9.47 Å². The topological polar surface area (TPSA) is 52.5 Å². The number of nitrogens with zero attached hydrogens (tertiary/aromatic N) is 1. The van der Waals surface area contributed by atoms with Crippen LogP contribution >= 0.6 is 0 Å². The number of rotatable bonds is 6. The van der Waals surface area contributed by atoms with Crippen LogP contribution in [0.4, 0.5) is 0 Å². The second-order valence-corrected chi connectivity index (χ2v) is 6.47. The molecule has 3 aromatic rings. The summed E-state index contributed by atoms with van der Waals surface area (Å²) in [5, 5.41) is 4.08. The third-order valence-electron chi connectivity index (χ3n) is 4.79. The SMILES string of the molecule is COc1cccc2c1ccn2CCNC(=O)Cc1ccc2c(c1)OCC2. The van der Waals surface area contributed by atoms with Gasteiger partial charge in [-0.2, -0.15) is 0 Å². The fraction of sp³-hybridized carbons (Fsp3) is 0.286. The minimum absolute atomic E-state index is 0.0250. The molecule has 0 saturated carbocycles. The van der Waals surface area contributed by atoms with E-state index in [1.54, 1.807) is 7.11 Å². The number of carbonyl (C=O) groups excluding carboxylic acids is 1. The van der Waals surface area contributed by atoms with Gasteiger partial charge in [-0.25, -0.2) is 0 Å². The van der Waals surface area contributed by atoms with Crippen molar-refractivity contribution in [1.82, 2.24) is 9.88 Å². The molecule has 5 heteroatoms. The van der Waals surface area contributed by atoms with Gasteiger partial charge in [0.1, 0.15) is 11.5 Å². The van der Waals surface area contributed by atoms with Crippen molar-refractivity contribution in [2.45, 2.75) is 19.4 Å². The second-order valence-electron chi connectivity index (χ2n) is 6.47. The average molecular weight is 350 g/mol. The van der Waals surface area contributed by atoms with Crippen molar-refractivity contribution in [1.29, 1.82) is 0 Å². The van der Waals surface area contributed by atoms with Gasteiger partial charge in [0.05, 0.1) is 25.7 Å². The molecule has 2 aromatic carbocycles. The Hall–Kier alpha value is -2.95. The summed E-state index contributed by atoms with van der Waals surface area (Å²) in [7, 11) is 1.68. The Morgan fingerprint density at radius 2 is 2.19 bits per heavy atom. The summed E-state index contributed by atoms with van der Waals surface area (Å²) in [5.41, 5.74) is 3.32. The Bertz CT molecular complexity index is 946. The normalized spacial score (nSPS) is 12.7.